The fourth-order valence-electron chi connectivity index (χ4n) is 2.66. The minimum atomic E-state index is -0.452. The van der Waals surface area contributed by atoms with Gasteiger partial charge in [0, 0.05) is 31.4 Å². The summed E-state index contributed by atoms with van der Waals surface area (Å²) in [7, 11) is 0. The minimum Gasteiger partial charge on any atom is -0.382 e. The van der Waals surface area contributed by atoms with Gasteiger partial charge in [0.1, 0.15) is 5.82 Å². The van der Waals surface area contributed by atoms with E-state index in [1.54, 1.807) is 12.1 Å². The number of hydrogen-bond acceptors (Lipinski definition) is 3. The second-order valence-corrected chi connectivity index (χ2v) is 5.23. The second-order valence-electron chi connectivity index (χ2n) is 5.23. The van der Waals surface area contributed by atoms with Gasteiger partial charge in [-0.05, 0) is 31.9 Å². The van der Waals surface area contributed by atoms with Gasteiger partial charge in [0.2, 0.25) is 0 Å². The zero-order valence-electron chi connectivity index (χ0n) is 11.9. The fraction of sp³-hybridized carbons (Fsp3) is 0.438. The van der Waals surface area contributed by atoms with Crippen molar-refractivity contribution in [2.75, 3.05) is 25.0 Å². The van der Waals surface area contributed by atoms with Crippen molar-refractivity contribution in [1.82, 2.24) is 4.90 Å². The first-order valence-corrected chi connectivity index (χ1v) is 7.01. The largest absolute Gasteiger partial charge is 0.382 e. The van der Waals surface area contributed by atoms with Crippen LogP contribution in [0.3, 0.4) is 0 Å². The van der Waals surface area contributed by atoms with Crippen LogP contribution in [0.4, 0.5) is 10.1 Å². The van der Waals surface area contributed by atoms with Crippen LogP contribution >= 0.6 is 0 Å². The maximum absolute atomic E-state index is 13.7. The molecule has 0 spiro atoms. The number of rotatable bonds is 5. The molecule has 0 saturated carbocycles. The van der Waals surface area contributed by atoms with Crippen molar-refractivity contribution in [1.29, 1.82) is 0 Å². The van der Waals surface area contributed by atoms with E-state index < -0.39 is 5.82 Å². The molecule has 1 aromatic carbocycles. The van der Waals surface area contributed by atoms with Gasteiger partial charge in [0.15, 0.2) is 5.78 Å². The lowest BCUT2D eigenvalue weighted by molar-refractivity contribution is 0.101. The van der Waals surface area contributed by atoms with E-state index in [0.717, 1.165) is 32.5 Å². The molecule has 0 unspecified atom stereocenters. The summed E-state index contributed by atoms with van der Waals surface area (Å²) in [5.41, 5.74) is 0.778. The Kier molecular flexibility index (Phi) is 4.90. The average molecular weight is 276 g/mol. The van der Waals surface area contributed by atoms with Gasteiger partial charge in [-0.15, -0.1) is 6.58 Å². The third-order valence-corrected chi connectivity index (χ3v) is 3.70. The van der Waals surface area contributed by atoms with Gasteiger partial charge in [-0.2, -0.15) is 0 Å². The Labute approximate surface area is 119 Å². The summed E-state index contributed by atoms with van der Waals surface area (Å²) in [6, 6.07) is 5.03. The molecule has 1 saturated heterocycles. The lowest BCUT2D eigenvalue weighted by atomic mass is 10.0. The quantitative estimate of drug-likeness (QED) is 0.662. The molecule has 4 heteroatoms. The van der Waals surface area contributed by atoms with Gasteiger partial charge in [-0.3, -0.25) is 9.69 Å². The van der Waals surface area contributed by atoms with Crippen molar-refractivity contribution in [3.8, 4) is 0 Å². The van der Waals surface area contributed by atoms with Crippen LogP contribution in [0.15, 0.2) is 30.9 Å². The molecule has 1 N–H and O–H groups in total. The van der Waals surface area contributed by atoms with Gasteiger partial charge in [-0.25, -0.2) is 4.39 Å². The number of halogens is 1. The lowest BCUT2D eigenvalue weighted by Crippen LogP contribution is -2.39. The zero-order valence-corrected chi connectivity index (χ0v) is 11.9. The van der Waals surface area contributed by atoms with E-state index in [2.05, 4.69) is 16.8 Å². The summed E-state index contributed by atoms with van der Waals surface area (Å²) < 4.78 is 13.7. The summed E-state index contributed by atoms with van der Waals surface area (Å²) >= 11 is 0. The maximum Gasteiger partial charge on any atom is 0.164 e. The van der Waals surface area contributed by atoms with E-state index in [0.29, 0.717) is 5.69 Å². The van der Waals surface area contributed by atoms with Crippen LogP contribution < -0.4 is 5.32 Å². The molecule has 0 atom stereocenters. The number of benzene rings is 1. The monoisotopic (exact) mass is 276 g/mol. The zero-order chi connectivity index (χ0) is 14.5. The fourth-order valence-corrected chi connectivity index (χ4v) is 2.66. The Bertz CT molecular complexity index is 493. The van der Waals surface area contributed by atoms with Gasteiger partial charge >= 0.3 is 0 Å². The van der Waals surface area contributed by atoms with Crippen LogP contribution in [0.25, 0.3) is 0 Å². The van der Waals surface area contributed by atoms with E-state index in [-0.39, 0.29) is 17.4 Å². The molecular weight excluding hydrogens is 255 g/mol. The molecule has 108 valence electrons. The van der Waals surface area contributed by atoms with Crippen LogP contribution in [0.2, 0.25) is 0 Å². The highest BCUT2D eigenvalue weighted by atomic mass is 19.1. The molecule has 1 heterocycles. The Morgan fingerprint density at radius 2 is 2.20 bits per heavy atom. The molecule has 1 aromatic rings. The second kappa shape index (κ2) is 6.66. The van der Waals surface area contributed by atoms with Crippen molar-refractivity contribution >= 4 is 11.5 Å². The van der Waals surface area contributed by atoms with E-state index in [4.69, 9.17) is 0 Å². The number of hydrogen-bond donors (Lipinski definition) is 1. The molecule has 0 aliphatic carbocycles. The van der Waals surface area contributed by atoms with Gasteiger partial charge < -0.3 is 5.32 Å². The minimum absolute atomic E-state index is 0.168. The highest BCUT2D eigenvalue weighted by Gasteiger charge is 2.20. The van der Waals surface area contributed by atoms with Crippen molar-refractivity contribution in [2.45, 2.75) is 25.8 Å². The predicted molar refractivity (Wildman–Crippen MR) is 79.7 cm³/mol. The SMILES string of the molecule is C=CCN1CCC(Nc2cccc(F)c2C(C)=O)CC1. The summed E-state index contributed by atoms with van der Waals surface area (Å²) in [6.07, 6.45) is 3.89. The van der Waals surface area contributed by atoms with Crippen molar-refractivity contribution < 1.29 is 9.18 Å². The van der Waals surface area contributed by atoms with E-state index in [9.17, 15) is 9.18 Å². The van der Waals surface area contributed by atoms with Gasteiger partial charge in [0.25, 0.3) is 0 Å². The Morgan fingerprint density at radius 1 is 1.50 bits per heavy atom. The lowest BCUT2D eigenvalue weighted by Gasteiger charge is -2.32. The van der Waals surface area contributed by atoms with Crippen LogP contribution in [-0.2, 0) is 0 Å². The normalized spacial score (nSPS) is 16.9. The number of ketones is 1. The standard InChI is InChI=1S/C16H21FN2O/c1-3-9-19-10-7-13(8-11-19)18-15-6-4-5-14(17)16(15)12(2)20/h3-6,13,18H,1,7-11H2,2H3. The van der Waals surface area contributed by atoms with Crippen LogP contribution in [0.1, 0.15) is 30.1 Å². The molecule has 0 aromatic heterocycles. The molecule has 1 fully saturated rings. The van der Waals surface area contributed by atoms with Gasteiger partial charge in [-0.1, -0.05) is 12.1 Å². The summed E-state index contributed by atoms with van der Waals surface area (Å²) in [4.78, 5) is 13.9. The maximum atomic E-state index is 13.7. The van der Waals surface area contributed by atoms with Crippen LogP contribution in [0, 0.1) is 5.82 Å². The number of nitrogens with zero attached hydrogens (tertiary/aromatic N) is 1. The van der Waals surface area contributed by atoms with Crippen LogP contribution in [-0.4, -0.2) is 36.4 Å². The van der Waals surface area contributed by atoms with E-state index in [1.165, 1.54) is 13.0 Å². The molecule has 3 nitrogen and oxygen atoms in total. The predicted octanol–water partition coefficient (Wildman–Crippen LogP) is 3.09. The first kappa shape index (κ1) is 14.7. The highest BCUT2D eigenvalue weighted by molar-refractivity contribution is 5.99. The molecule has 0 radical (unpaired) electrons. The number of anilines is 1. The van der Waals surface area contributed by atoms with Crippen molar-refractivity contribution in [3.63, 3.8) is 0 Å². The topological polar surface area (TPSA) is 32.3 Å². The smallest absolute Gasteiger partial charge is 0.164 e. The average Bonchev–Trinajstić information content (AvgIpc) is 2.41. The number of likely N-dealkylation sites (tertiary alicyclic amines) is 1. The summed E-state index contributed by atoms with van der Waals surface area (Å²) in [5, 5.41) is 3.32. The Balaban J connectivity index is 2.03. The molecular formula is C16H21FN2O. The van der Waals surface area contributed by atoms with Crippen molar-refractivity contribution in [3.05, 3.63) is 42.2 Å². The summed E-state index contributed by atoms with van der Waals surface area (Å²) in [6.45, 7) is 8.04. The first-order chi connectivity index (χ1) is 9.61. The Hall–Kier alpha value is -1.68. The summed E-state index contributed by atoms with van der Waals surface area (Å²) in [5.74, 6) is -0.693. The molecule has 1 aliphatic rings. The first-order valence-electron chi connectivity index (χ1n) is 7.01. The number of nitrogens with one attached hydrogen (secondary N) is 1. The van der Waals surface area contributed by atoms with Crippen LogP contribution in [0.5, 0.6) is 0 Å². The van der Waals surface area contributed by atoms with Gasteiger partial charge in [0.05, 0.1) is 5.56 Å². The third-order valence-electron chi connectivity index (χ3n) is 3.70. The number of carbonyl (C=O) groups is 1. The molecule has 1 aliphatic heterocycles. The Morgan fingerprint density at radius 3 is 2.80 bits per heavy atom. The molecule has 0 amide bonds. The molecule has 20 heavy (non-hydrogen) atoms. The number of Topliss-reactive ketones (excluding diaryl/α,β-unsaturated/α-hetero) is 1. The third kappa shape index (κ3) is 3.45. The highest BCUT2D eigenvalue weighted by Crippen LogP contribution is 2.23. The number of carbonyl (C=O) groups excluding carboxylic acids is 1. The van der Waals surface area contributed by atoms with E-state index >= 15 is 0 Å². The molecule has 2 rings (SSSR count). The van der Waals surface area contributed by atoms with E-state index in [1.807, 2.05) is 6.08 Å². The van der Waals surface area contributed by atoms with Crippen molar-refractivity contribution in [2.24, 2.45) is 0 Å². The molecule has 0 bridgehead atoms. The number of piperidine rings is 1.